The fourth-order valence-electron chi connectivity index (χ4n) is 1.12. The van der Waals surface area contributed by atoms with Gasteiger partial charge in [-0.15, -0.1) is 4.91 Å². The molecule has 4 heteroatoms. The Bertz CT molecular complexity index is 137. The summed E-state index contributed by atoms with van der Waals surface area (Å²) in [5.41, 5.74) is 0. The fraction of sp³-hybridized carbons (Fsp3) is 1.00. The third kappa shape index (κ3) is 3.67. The molecule has 1 rings (SSSR count). The van der Waals surface area contributed by atoms with Crippen LogP contribution in [-0.2, 0) is 4.84 Å². The molecule has 4 nitrogen and oxygen atoms in total. The van der Waals surface area contributed by atoms with Crippen molar-refractivity contribution in [3.8, 4) is 0 Å². The zero-order valence-electron chi connectivity index (χ0n) is 7.45. The Labute approximate surface area is 72.6 Å². The summed E-state index contributed by atoms with van der Waals surface area (Å²) >= 11 is 0. The first kappa shape index (κ1) is 9.45. The summed E-state index contributed by atoms with van der Waals surface area (Å²) in [6.45, 7) is 2.11. The predicted molar refractivity (Wildman–Crippen MR) is 46.4 cm³/mol. The minimum atomic E-state index is -0.157. The smallest absolute Gasteiger partial charge is 0.182 e. The van der Waals surface area contributed by atoms with Crippen molar-refractivity contribution in [2.24, 2.45) is 5.34 Å². The molecule has 0 aromatic carbocycles. The van der Waals surface area contributed by atoms with Gasteiger partial charge in [0.05, 0.1) is 0 Å². The zero-order chi connectivity index (χ0) is 8.81. The lowest BCUT2D eigenvalue weighted by atomic mass is 10.2. The van der Waals surface area contributed by atoms with Crippen LogP contribution in [0, 0.1) is 4.91 Å². The van der Waals surface area contributed by atoms with Gasteiger partial charge in [0.2, 0.25) is 0 Å². The molecule has 1 aliphatic rings. The summed E-state index contributed by atoms with van der Waals surface area (Å²) in [5, 5.41) is 5.67. The summed E-state index contributed by atoms with van der Waals surface area (Å²) in [7, 11) is 0. The number of rotatable bonds is 7. The van der Waals surface area contributed by atoms with Crippen LogP contribution < -0.4 is 5.32 Å². The second kappa shape index (κ2) is 5.09. The molecule has 0 aliphatic heterocycles. The van der Waals surface area contributed by atoms with Gasteiger partial charge in [-0.25, -0.2) is 0 Å². The highest BCUT2D eigenvalue weighted by atomic mass is 16.7. The van der Waals surface area contributed by atoms with Gasteiger partial charge in [0.1, 0.15) is 0 Å². The molecule has 12 heavy (non-hydrogen) atoms. The maximum atomic E-state index is 9.87. The summed E-state index contributed by atoms with van der Waals surface area (Å²) in [6, 6.07) is 0.564. The molecular weight excluding hydrogens is 156 g/mol. The lowest BCUT2D eigenvalue weighted by molar-refractivity contribution is 0.0222. The maximum Gasteiger partial charge on any atom is 0.182 e. The van der Waals surface area contributed by atoms with Gasteiger partial charge >= 0.3 is 0 Å². The van der Waals surface area contributed by atoms with Gasteiger partial charge in [-0.1, -0.05) is 13.3 Å². The van der Waals surface area contributed by atoms with Crippen LogP contribution in [-0.4, -0.2) is 12.3 Å². The molecule has 0 spiro atoms. The van der Waals surface area contributed by atoms with E-state index in [-0.39, 0.29) is 6.23 Å². The highest BCUT2D eigenvalue weighted by molar-refractivity contribution is 4.82. The predicted octanol–water partition coefficient (Wildman–Crippen LogP) is 1.95. The van der Waals surface area contributed by atoms with E-state index in [1.54, 1.807) is 0 Å². The lowest BCUT2D eigenvalue weighted by Gasteiger charge is -2.13. The maximum absolute atomic E-state index is 9.87. The van der Waals surface area contributed by atoms with Crippen molar-refractivity contribution in [3.05, 3.63) is 4.91 Å². The van der Waals surface area contributed by atoms with Crippen LogP contribution in [0.3, 0.4) is 0 Å². The molecule has 0 radical (unpaired) electrons. The van der Waals surface area contributed by atoms with E-state index in [0.29, 0.717) is 6.04 Å². The Hall–Kier alpha value is -0.640. The SMILES string of the molecule is CCCCC(NC1CC1)ON=O. The van der Waals surface area contributed by atoms with Crippen molar-refractivity contribution < 1.29 is 4.84 Å². The van der Waals surface area contributed by atoms with Crippen LogP contribution in [0.2, 0.25) is 0 Å². The van der Waals surface area contributed by atoms with Gasteiger partial charge in [-0.3, -0.25) is 5.32 Å². The van der Waals surface area contributed by atoms with Crippen molar-refractivity contribution in [3.63, 3.8) is 0 Å². The van der Waals surface area contributed by atoms with E-state index in [1.807, 2.05) is 0 Å². The monoisotopic (exact) mass is 172 g/mol. The number of unbranched alkanes of at least 4 members (excludes halogenated alkanes) is 1. The van der Waals surface area contributed by atoms with E-state index in [2.05, 4.69) is 22.4 Å². The van der Waals surface area contributed by atoms with E-state index >= 15 is 0 Å². The molecule has 70 valence electrons. The number of nitrogens with one attached hydrogen (secondary N) is 1. The van der Waals surface area contributed by atoms with Gasteiger partial charge in [-0.05, 0) is 19.3 Å². The number of hydrogen-bond acceptors (Lipinski definition) is 4. The molecule has 1 saturated carbocycles. The van der Waals surface area contributed by atoms with Crippen LogP contribution in [0.5, 0.6) is 0 Å². The molecule has 0 saturated heterocycles. The quantitative estimate of drug-likeness (QED) is 0.363. The third-order valence-corrected chi connectivity index (χ3v) is 1.99. The summed E-state index contributed by atoms with van der Waals surface area (Å²) in [6.07, 6.45) is 5.30. The van der Waals surface area contributed by atoms with Crippen LogP contribution in [0.1, 0.15) is 39.0 Å². The molecular formula is C8H16N2O2. The zero-order valence-corrected chi connectivity index (χ0v) is 7.45. The largest absolute Gasteiger partial charge is 0.345 e. The molecule has 0 aromatic rings. The fourth-order valence-corrected chi connectivity index (χ4v) is 1.12. The topological polar surface area (TPSA) is 50.7 Å². The average Bonchev–Trinajstić information content (AvgIpc) is 2.84. The first-order valence-electron chi connectivity index (χ1n) is 4.61. The number of nitrogens with zero attached hydrogens (tertiary/aromatic N) is 1. The van der Waals surface area contributed by atoms with Crippen LogP contribution >= 0.6 is 0 Å². The average molecular weight is 172 g/mol. The Morgan fingerprint density at radius 2 is 2.42 bits per heavy atom. The van der Waals surface area contributed by atoms with Gasteiger partial charge in [0.15, 0.2) is 11.6 Å². The van der Waals surface area contributed by atoms with Crippen LogP contribution in [0.4, 0.5) is 0 Å². The third-order valence-electron chi connectivity index (χ3n) is 1.99. The van der Waals surface area contributed by atoms with Crippen LogP contribution in [0.15, 0.2) is 5.34 Å². The minimum absolute atomic E-state index is 0.157. The molecule has 1 aliphatic carbocycles. The highest BCUT2D eigenvalue weighted by Gasteiger charge is 2.25. The standard InChI is InChI=1S/C8H16N2O2/c1-2-3-4-8(12-10-11)9-7-5-6-7/h7-9H,2-6H2,1H3. The van der Waals surface area contributed by atoms with Gasteiger partial charge in [-0.2, -0.15) is 0 Å². The summed E-state index contributed by atoms with van der Waals surface area (Å²) in [4.78, 5) is 14.5. The van der Waals surface area contributed by atoms with E-state index < -0.39 is 0 Å². The van der Waals surface area contributed by atoms with E-state index in [0.717, 1.165) is 19.3 Å². The second-order valence-electron chi connectivity index (χ2n) is 3.25. The number of hydrogen-bond donors (Lipinski definition) is 1. The molecule has 0 heterocycles. The molecule has 1 unspecified atom stereocenters. The normalized spacial score (nSPS) is 18.8. The van der Waals surface area contributed by atoms with Crippen molar-refractivity contribution in [1.29, 1.82) is 0 Å². The van der Waals surface area contributed by atoms with Gasteiger partial charge in [0.25, 0.3) is 0 Å². The van der Waals surface area contributed by atoms with Crippen LogP contribution in [0.25, 0.3) is 0 Å². The van der Waals surface area contributed by atoms with E-state index in [4.69, 9.17) is 0 Å². The Morgan fingerprint density at radius 1 is 1.67 bits per heavy atom. The molecule has 0 amide bonds. The Kier molecular flexibility index (Phi) is 4.00. The molecule has 0 bridgehead atoms. The highest BCUT2D eigenvalue weighted by Crippen LogP contribution is 2.20. The lowest BCUT2D eigenvalue weighted by Crippen LogP contribution is -2.32. The van der Waals surface area contributed by atoms with Crippen molar-refractivity contribution in [2.75, 3.05) is 0 Å². The van der Waals surface area contributed by atoms with Crippen molar-refractivity contribution >= 4 is 0 Å². The first-order chi connectivity index (χ1) is 5.86. The Balaban J connectivity index is 2.11. The summed E-state index contributed by atoms with van der Waals surface area (Å²) in [5.74, 6) is 0. The molecule has 0 aromatic heterocycles. The summed E-state index contributed by atoms with van der Waals surface area (Å²) < 4.78 is 0. The van der Waals surface area contributed by atoms with Gasteiger partial charge < -0.3 is 4.84 Å². The molecule has 1 N–H and O–H groups in total. The van der Waals surface area contributed by atoms with E-state index in [1.165, 1.54) is 12.8 Å². The van der Waals surface area contributed by atoms with Crippen molar-refractivity contribution in [1.82, 2.24) is 5.32 Å². The van der Waals surface area contributed by atoms with Gasteiger partial charge in [0, 0.05) is 12.5 Å². The minimum Gasteiger partial charge on any atom is -0.345 e. The van der Waals surface area contributed by atoms with E-state index in [9.17, 15) is 4.91 Å². The second-order valence-corrected chi connectivity index (χ2v) is 3.25. The molecule has 1 fully saturated rings. The first-order valence-corrected chi connectivity index (χ1v) is 4.61. The molecule has 1 atom stereocenters. The van der Waals surface area contributed by atoms with Crippen molar-refractivity contribution in [2.45, 2.75) is 51.3 Å². The Morgan fingerprint density at radius 3 is 2.92 bits per heavy atom.